The van der Waals surface area contributed by atoms with Crippen LogP contribution in [0, 0.1) is 41.5 Å². The number of ether oxygens (including phenoxy) is 3. The molecule has 19 heteroatoms. The smallest absolute Gasteiger partial charge is 1.00 e. The van der Waals surface area contributed by atoms with Gasteiger partial charge in [0, 0.05) is 36.6 Å². The van der Waals surface area contributed by atoms with Crippen molar-refractivity contribution in [2.24, 2.45) is 0 Å². The van der Waals surface area contributed by atoms with E-state index >= 15 is 0 Å². The van der Waals surface area contributed by atoms with Crippen molar-refractivity contribution in [3.05, 3.63) is 128 Å². The van der Waals surface area contributed by atoms with Crippen LogP contribution in [0.3, 0.4) is 0 Å². The summed E-state index contributed by atoms with van der Waals surface area (Å²) in [6, 6.07) is 20.7. The molecule has 4 rings (SSSR count). The molecule has 0 unspecified atom stereocenters. The maximum atomic E-state index is 11.2. The van der Waals surface area contributed by atoms with Crippen molar-refractivity contribution in [1.29, 1.82) is 0 Å². The molecule has 0 spiro atoms. The Hall–Kier alpha value is -4.42. The monoisotopic (exact) mass is 1290 g/mol. The molecule has 67 heavy (non-hydrogen) atoms. The number of hydrogen-bond acceptors (Lipinski definition) is 11. The number of nitrogens with two attached hydrogens (primary N) is 2. The summed E-state index contributed by atoms with van der Waals surface area (Å²) in [6.07, 6.45) is -2.12. The number of carbonyl (C=O) groups is 6. The Labute approximate surface area is 433 Å². The molecule has 0 aliphatic carbocycles. The van der Waals surface area contributed by atoms with Crippen molar-refractivity contribution in [1.82, 2.24) is 10.6 Å². The first-order valence-electron chi connectivity index (χ1n) is 19.2. The minimum Gasteiger partial charge on any atom is -1.00 e. The van der Waals surface area contributed by atoms with Gasteiger partial charge in [0.25, 0.3) is 11.8 Å². The second kappa shape index (κ2) is 35.7. The summed E-state index contributed by atoms with van der Waals surface area (Å²) in [6.45, 7) is 21.7. The number of nitrogen functional groups attached to an aromatic ring is 2. The summed E-state index contributed by atoms with van der Waals surface area (Å²) in [5.41, 5.74) is 19.2. The van der Waals surface area contributed by atoms with Crippen LogP contribution in [0.2, 0.25) is 0 Å². The Kier molecular flexibility index (Phi) is 38.1. The zero-order chi connectivity index (χ0) is 50.1. The van der Waals surface area contributed by atoms with Gasteiger partial charge in [0.05, 0.1) is 11.1 Å². The van der Waals surface area contributed by atoms with Gasteiger partial charge in [-0.25, -0.2) is 19.2 Å². The number of aryl methyl sites for hydroxylation is 6. The van der Waals surface area contributed by atoms with E-state index in [-0.39, 0.29) is 44.6 Å². The van der Waals surface area contributed by atoms with Crippen LogP contribution in [0.15, 0.2) is 72.8 Å². The van der Waals surface area contributed by atoms with Gasteiger partial charge in [0.2, 0.25) is 0 Å². The standard InChI is InChI=1S/C10H13NO.C10H18O5.C9H12N2O.C9H10O2.C8H9NO2.2CH4.ClH.I3/c1-7-4-5-9(6-8(7)2)10(12)11-3;1-9(2,3)14-7(11)13-8(12)15-10(4,5)6;1-6-3-4-7(5-8(6)10)9(12)11-2;1-6-3-4-8(9(10)11)5-7(6)2;1-5-2-3-6(8(10)11)4-7(5)9;;;;1-3-2/h4-6H,1-3H3,(H,11,12);1-6H3;3-5H,10H2,1-2H3,(H,11,12);3-5H,1-2H3,(H,10,11);2-4H,9H2,1H3,(H,10,11);2*1H4;1H;/q;;;;;;;;-1/p-1. The molecule has 0 fully saturated rings. The Balaban J connectivity index is -0.000000233. The van der Waals surface area contributed by atoms with E-state index in [1.807, 2.05) is 71.9 Å². The van der Waals surface area contributed by atoms with Gasteiger partial charge in [0.1, 0.15) is 11.2 Å². The van der Waals surface area contributed by atoms with Gasteiger partial charge in [0.15, 0.2) is 0 Å². The van der Waals surface area contributed by atoms with E-state index in [0.29, 0.717) is 35.8 Å². The van der Waals surface area contributed by atoms with Crippen LogP contribution in [0.25, 0.3) is 0 Å². The van der Waals surface area contributed by atoms with E-state index in [1.54, 1.807) is 86.0 Å². The van der Waals surface area contributed by atoms with E-state index in [0.717, 1.165) is 33.4 Å². The number of carboxylic acids is 2. The second-order valence-corrected chi connectivity index (χ2v) is 31.8. The summed E-state index contributed by atoms with van der Waals surface area (Å²) in [5, 5.41) is 22.3. The first-order valence-corrected chi connectivity index (χ1v) is 31.8. The van der Waals surface area contributed by atoms with E-state index in [4.69, 9.17) is 31.2 Å². The number of anilines is 2. The molecule has 378 valence electrons. The van der Waals surface area contributed by atoms with Crippen molar-refractivity contribution in [2.45, 2.75) is 109 Å². The normalized spacial score (nSPS) is 9.55. The number of rotatable bonds is 4. The molecule has 2 amide bonds. The molecule has 0 aliphatic rings. The molecular weight excluding hydrogens is 1220 g/mol. The number of carboxylic acid groups (broad SMARTS) is 2. The van der Waals surface area contributed by atoms with Crippen LogP contribution in [-0.2, 0) is 14.2 Å². The average Bonchev–Trinajstić information content (AvgIpc) is 3.18. The second-order valence-electron chi connectivity index (χ2n) is 15.6. The van der Waals surface area contributed by atoms with Crippen LogP contribution in [-0.4, -0.2) is 71.6 Å². The molecular formula is C48H70ClI3N4O11-2. The third kappa shape index (κ3) is 32.8. The van der Waals surface area contributed by atoms with Crippen molar-refractivity contribution in [2.75, 3.05) is 25.6 Å². The van der Waals surface area contributed by atoms with Crippen molar-refractivity contribution in [3.8, 4) is 0 Å². The molecule has 0 heterocycles. The number of nitrogens with one attached hydrogen (secondary N) is 2. The number of halogens is 4. The first-order chi connectivity index (χ1) is 29.4. The fraction of sp³-hybridized carbons (Fsp3) is 0.375. The van der Waals surface area contributed by atoms with Gasteiger partial charge < -0.3 is 58.9 Å². The summed E-state index contributed by atoms with van der Waals surface area (Å²) in [7, 11) is 3.23. The van der Waals surface area contributed by atoms with Crippen LogP contribution >= 0.6 is 37.2 Å². The summed E-state index contributed by atoms with van der Waals surface area (Å²) < 4.78 is 13.8. The Bertz CT molecular complexity index is 2040. The molecule has 0 aliphatic heterocycles. The molecule has 0 atom stereocenters. The van der Waals surface area contributed by atoms with Gasteiger partial charge in [-0.3, -0.25) is 9.59 Å². The van der Waals surface area contributed by atoms with E-state index < -0.39 is 35.5 Å². The first kappa shape index (κ1) is 71.6. The third-order valence-electron chi connectivity index (χ3n) is 7.99. The number of amides is 2. The summed E-state index contributed by atoms with van der Waals surface area (Å²) in [5.74, 6) is -1.95. The van der Waals surface area contributed by atoms with Gasteiger partial charge in [-0.2, -0.15) is 0 Å². The molecule has 8 N–H and O–H groups in total. The van der Waals surface area contributed by atoms with Crippen LogP contribution in [0.5, 0.6) is 0 Å². The van der Waals surface area contributed by atoms with Gasteiger partial charge in [-0.15, -0.1) is 0 Å². The molecule has 0 saturated carbocycles. The minimum atomic E-state index is -1.06. The van der Waals surface area contributed by atoms with Crippen molar-refractivity contribution >= 4 is 84.7 Å². The average molecular weight is 1300 g/mol. The zero-order valence-corrected chi connectivity index (χ0v) is 46.4. The third-order valence-corrected chi connectivity index (χ3v) is 7.99. The van der Waals surface area contributed by atoms with Crippen LogP contribution in [0.1, 0.15) is 131 Å². The number of carbonyl (C=O) groups excluding carboxylic acids is 4. The van der Waals surface area contributed by atoms with Crippen molar-refractivity contribution < 1.29 is 78.9 Å². The largest absolute Gasteiger partial charge is 1.00 e. The molecule has 0 saturated heterocycles. The van der Waals surface area contributed by atoms with Crippen LogP contribution in [0.4, 0.5) is 21.0 Å². The van der Waals surface area contributed by atoms with E-state index in [1.165, 1.54) is 17.7 Å². The zero-order valence-electron chi connectivity index (χ0n) is 39.2. The molecule has 0 radical (unpaired) electrons. The summed E-state index contributed by atoms with van der Waals surface area (Å²) in [4.78, 5) is 65.2. The Morgan fingerprint density at radius 1 is 0.507 bits per heavy atom. The molecule has 15 nitrogen and oxygen atoms in total. The van der Waals surface area contributed by atoms with Gasteiger partial charge >= 0.3 is 74.7 Å². The SMILES string of the molecule is C.C.CC(C)(C)OC(=O)OC(=O)OC(C)(C)C.CNC(=O)c1ccc(C)c(C)c1.CNC(=O)c1ccc(C)c(N)c1.Cc1ccc(C(=O)O)cc1C.Cc1ccc(C(=O)O)cc1N.I[I-]I.[Cl-]. The molecule has 0 bridgehead atoms. The Morgan fingerprint density at radius 2 is 0.761 bits per heavy atom. The fourth-order valence-corrected chi connectivity index (χ4v) is 4.21. The number of hydrogen-bond donors (Lipinski definition) is 6. The van der Waals surface area contributed by atoms with Gasteiger partial charge in [-0.1, -0.05) is 39.1 Å². The van der Waals surface area contributed by atoms with Crippen molar-refractivity contribution in [3.63, 3.8) is 0 Å². The molecule has 4 aromatic carbocycles. The molecule has 0 aromatic heterocycles. The quantitative estimate of drug-likeness (QED) is 0.0613. The maximum absolute atomic E-state index is 11.2. The summed E-state index contributed by atoms with van der Waals surface area (Å²) >= 11 is 5.30. The fourth-order valence-electron chi connectivity index (χ4n) is 4.21. The number of benzene rings is 4. The predicted molar refractivity (Wildman–Crippen MR) is 279 cm³/mol. The van der Waals surface area contributed by atoms with E-state index in [9.17, 15) is 28.8 Å². The minimum absolute atomic E-state index is 0. The topological polar surface area (TPSA) is 247 Å². The van der Waals surface area contributed by atoms with E-state index in [2.05, 4.69) is 52.6 Å². The predicted octanol–water partition coefficient (Wildman–Crippen LogP) is 5.80. The van der Waals surface area contributed by atoms with Crippen LogP contribution < -0.4 is 47.8 Å². The number of aromatic carboxylic acids is 2. The molecule has 4 aromatic rings. The van der Waals surface area contributed by atoms with Gasteiger partial charge in [-0.05, 0) is 165 Å². The Morgan fingerprint density at radius 3 is 1.03 bits per heavy atom. The maximum Gasteiger partial charge on any atom is -1.00 e.